The third-order valence-electron chi connectivity index (χ3n) is 2.81. The van der Waals surface area contributed by atoms with Crippen LogP contribution in [0.3, 0.4) is 0 Å². The lowest BCUT2D eigenvalue weighted by molar-refractivity contribution is -0.286. The molecule has 0 amide bonds. The van der Waals surface area contributed by atoms with Gasteiger partial charge in [0.1, 0.15) is 5.82 Å². The van der Waals surface area contributed by atoms with E-state index in [-0.39, 0.29) is 23.9 Å². The number of aromatic nitrogens is 2. The van der Waals surface area contributed by atoms with E-state index in [1.807, 2.05) is 0 Å². The van der Waals surface area contributed by atoms with Crippen LogP contribution in [0.5, 0.6) is 11.5 Å². The summed E-state index contributed by atoms with van der Waals surface area (Å²) in [5.41, 5.74) is 0.416. The van der Waals surface area contributed by atoms with Crippen LogP contribution in [0.2, 0.25) is 0 Å². The molecular formula is C12H9F4N3O2. The summed E-state index contributed by atoms with van der Waals surface area (Å²) in [6.07, 6.45) is -1.28. The molecule has 0 radical (unpaired) electrons. The zero-order chi connectivity index (χ0) is 15.0. The maximum atomic E-state index is 12.9. The normalized spacial score (nSPS) is 15.5. The summed E-state index contributed by atoms with van der Waals surface area (Å²) in [7, 11) is 0. The summed E-state index contributed by atoms with van der Waals surface area (Å²) in [6, 6.07) is 4.07. The molecule has 1 aromatic carbocycles. The molecule has 0 bridgehead atoms. The van der Waals surface area contributed by atoms with E-state index in [0.29, 0.717) is 10.3 Å². The highest BCUT2D eigenvalue weighted by atomic mass is 19.3. The van der Waals surface area contributed by atoms with Crippen LogP contribution in [0.1, 0.15) is 12.4 Å². The van der Waals surface area contributed by atoms with Crippen LogP contribution in [-0.2, 0) is 6.54 Å². The summed E-state index contributed by atoms with van der Waals surface area (Å²) in [4.78, 5) is 3.79. The number of nitrogens with one attached hydrogen (secondary N) is 1. The Hall–Kier alpha value is -2.45. The van der Waals surface area contributed by atoms with Crippen LogP contribution in [0.15, 0.2) is 30.6 Å². The number of anilines is 1. The SMILES string of the molecule is FC(F)n1ccnc1CNc1ccc2c(c1)OC(F)(F)O2. The molecule has 0 saturated heterocycles. The molecule has 0 aliphatic carbocycles. The monoisotopic (exact) mass is 303 g/mol. The average molecular weight is 303 g/mol. The maximum absolute atomic E-state index is 12.9. The predicted molar refractivity (Wildman–Crippen MR) is 63.5 cm³/mol. The van der Waals surface area contributed by atoms with Crippen molar-refractivity contribution in [2.24, 2.45) is 0 Å². The molecule has 21 heavy (non-hydrogen) atoms. The molecule has 1 aromatic heterocycles. The molecule has 0 saturated carbocycles. The first-order chi connectivity index (χ1) is 9.94. The van der Waals surface area contributed by atoms with Crippen LogP contribution in [-0.4, -0.2) is 15.8 Å². The number of ether oxygens (including phenoxy) is 2. The summed E-state index contributed by atoms with van der Waals surface area (Å²) >= 11 is 0. The zero-order valence-corrected chi connectivity index (χ0v) is 10.4. The Morgan fingerprint density at radius 1 is 1.24 bits per heavy atom. The van der Waals surface area contributed by atoms with E-state index in [2.05, 4.69) is 19.8 Å². The second-order valence-corrected chi connectivity index (χ2v) is 4.21. The summed E-state index contributed by atoms with van der Waals surface area (Å²) in [5.74, 6) is -0.0881. The molecule has 0 unspecified atom stereocenters. The fourth-order valence-electron chi connectivity index (χ4n) is 1.90. The van der Waals surface area contributed by atoms with Gasteiger partial charge in [0.15, 0.2) is 11.5 Å². The maximum Gasteiger partial charge on any atom is 0.586 e. The van der Waals surface area contributed by atoms with E-state index in [1.54, 1.807) is 0 Å². The number of nitrogens with zero attached hydrogens (tertiary/aromatic N) is 2. The minimum atomic E-state index is -3.69. The number of benzene rings is 1. The fourth-order valence-corrected chi connectivity index (χ4v) is 1.90. The lowest BCUT2D eigenvalue weighted by atomic mass is 10.3. The Balaban J connectivity index is 1.71. The molecule has 0 spiro atoms. The summed E-state index contributed by atoms with van der Waals surface area (Å²) in [5, 5.41) is 2.80. The number of fused-ring (bicyclic) bond motifs is 1. The first-order valence-corrected chi connectivity index (χ1v) is 5.88. The van der Waals surface area contributed by atoms with Crippen LogP contribution < -0.4 is 14.8 Å². The van der Waals surface area contributed by atoms with Gasteiger partial charge in [-0.05, 0) is 12.1 Å². The van der Waals surface area contributed by atoms with Crippen LogP contribution in [0.25, 0.3) is 0 Å². The Morgan fingerprint density at radius 3 is 2.76 bits per heavy atom. The highest BCUT2D eigenvalue weighted by molar-refractivity contribution is 5.55. The molecule has 0 fully saturated rings. The second kappa shape index (κ2) is 4.83. The first-order valence-electron chi connectivity index (χ1n) is 5.88. The molecule has 1 aliphatic heterocycles. The molecular weight excluding hydrogens is 294 g/mol. The van der Waals surface area contributed by atoms with Crippen molar-refractivity contribution >= 4 is 5.69 Å². The molecule has 1 N–H and O–H groups in total. The number of alkyl halides is 4. The average Bonchev–Trinajstić information content (AvgIpc) is 2.97. The number of rotatable bonds is 4. The molecule has 3 rings (SSSR count). The Bertz CT molecular complexity index is 660. The van der Waals surface area contributed by atoms with Crippen molar-refractivity contribution in [2.75, 3.05) is 5.32 Å². The quantitative estimate of drug-likeness (QED) is 0.881. The minimum absolute atomic E-state index is 0.00732. The van der Waals surface area contributed by atoms with Crippen LogP contribution >= 0.6 is 0 Å². The number of hydrogen-bond acceptors (Lipinski definition) is 4. The van der Waals surface area contributed by atoms with Gasteiger partial charge >= 0.3 is 12.8 Å². The van der Waals surface area contributed by atoms with Gasteiger partial charge in [-0.25, -0.2) is 4.98 Å². The van der Waals surface area contributed by atoms with Crippen molar-refractivity contribution in [3.63, 3.8) is 0 Å². The molecule has 112 valence electrons. The van der Waals surface area contributed by atoms with Crippen LogP contribution in [0.4, 0.5) is 23.2 Å². The van der Waals surface area contributed by atoms with Gasteiger partial charge < -0.3 is 14.8 Å². The van der Waals surface area contributed by atoms with Gasteiger partial charge in [-0.2, -0.15) is 8.78 Å². The van der Waals surface area contributed by atoms with E-state index in [1.165, 1.54) is 24.4 Å². The molecule has 5 nitrogen and oxygen atoms in total. The highest BCUT2D eigenvalue weighted by Gasteiger charge is 2.43. The summed E-state index contributed by atoms with van der Waals surface area (Å²) < 4.78 is 60.2. The zero-order valence-electron chi connectivity index (χ0n) is 10.4. The van der Waals surface area contributed by atoms with Crippen LogP contribution in [0, 0.1) is 0 Å². The Labute approximate surface area is 116 Å². The lowest BCUT2D eigenvalue weighted by Gasteiger charge is -2.09. The Kier molecular flexibility index (Phi) is 3.11. The van der Waals surface area contributed by atoms with Crippen molar-refractivity contribution in [1.82, 2.24) is 9.55 Å². The van der Waals surface area contributed by atoms with E-state index >= 15 is 0 Å². The molecule has 1 aliphatic rings. The van der Waals surface area contributed by atoms with Gasteiger partial charge in [0.05, 0.1) is 6.54 Å². The van der Waals surface area contributed by atoms with Gasteiger partial charge in [0, 0.05) is 24.1 Å². The van der Waals surface area contributed by atoms with Crippen molar-refractivity contribution in [3.05, 3.63) is 36.4 Å². The van der Waals surface area contributed by atoms with Crippen molar-refractivity contribution < 1.29 is 27.0 Å². The molecule has 2 heterocycles. The van der Waals surface area contributed by atoms with E-state index < -0.39 is 12.8 Å². The van der Waals surface area contributed by atoms with Gasteiger partial charge in [-0.3, -0.25) is 4.57 Å². The van der Waals surface area contributed by atoms with Crippen molar-refractivity contribution in [2.45, 2.75) is 19.4 Å². The van der Waals surface area contributed by atoms with Gasteiger partial charge in [-0.15, -0.1) is 8.78 Å². The van der Waals surface area contributed by atoms with Gasteiger partial charge in [0.25, 0.3) is 0 Å². The smallest absolute Gasteiger partial charge is 0.395 e. The largest absolute Gasteiger partial charge is 0.586 e. The van der Waals surface area contributed by atoms with E-state index in [0.717, 1.165) is 6.20 Å². The van der Waals surface area contributed by atoms with Gasteiger partial charge in [-0.1, -0.05) is 0 Å². The highest BCUT2D eigenvalue weighted by Crippen LogP contribution is 2.42. The van der Waals surface area contributed by atoms with E-state index in [9.17, 15) is 17.6 Å². The van der Waals surface area contributed by atoms with Crippen molar-refractivity contribution in [3.8, 4) is 11.5 Å². The third kappa shape index (κ3) is 2.71. The number of hydrogen-bond donors (Lipinski definition) is 1. The lowest BCUT2D eigenvalue weighted by Crippen LogP contribution is -2.25. The standard InChI is InChI=1S/C12H9F4N3O2/c13-11(14)19-4-3-17-10(19)6-18-7-1-2-8-9(5-7)21-12(15,16)20-8/h1-5,11,18H,6H2. The number of halogens is 4. The topological polar surface area (TPSA) is 48.3 Å². The molecule has 9 heteroatoms. The predicted octanol–water partition coefficient (Wildman–Crippen LogP) is 3.21. The third-order valence-corrected chi connectivity index (χ3v) is 2.81. The number of imidazole rings is 1. The van der Waals surface area contributed by atoms with Crippen molar-refractivity contribution in [1.29, 1.82) is 0 Å². The summed E-state index contributed by atoms with van der Waals surface area (Å²) in [6.45, 7) is -2.69. The minimum Gasteiger partial charge on any atom is -0.395 e. The second-order valence-electron chi connectivity index (χ2n) is 4.21. The first kappa shape index (κ1) is 13.5. The van der Waals surface area contributed by atoms with E-state index in [4.69, 9.17) is 0 Å². The fraction of sp³-hybridized carbons (Fsp3) is 0.250. The Morgan fingerprint density at radius 2 is 2.00 bits per heavy atom. The van der Waals surface area contributed by atoms with Gasteiger partial charge in [0.2, 0.25) is 0 Å². The molecule has 0 atom stereocenters. The molecule has 2 aromatic rings.